The summed E-state index contributed by atoms with van der Waals surface area (Å²) in [7, 11) is 0. The Morgan fingerprint density at radius 2 is 2.42 bits per heavy atom. The van der Waals surface area contributed by atoms with E-state index in [9.17, 15) is 0 Å². The van der Waals surface area contributed by atoms with Crippen LogP contribution in [0, 0.1) is 11.3 Å². The third-order valence-corrected chi connectivity index (χ3v) is 2.67. The fourth-order valence-electron chi connectivity index (χ4n) is 0.942. The molecule has 1 aromatic heterocycles. The molecule has 0 saturated carbocycles. The van der Waals surface area contributed by atoms with Crippen LogP contribution in [0.5, 0.6) is 0 Å². The van der Waals surface area contributed by atoms with E-state index in [1.165, 1.54) is 4.88 Å². The average molecular weight is 180 g/mol. The van der Waals surface area contributed by atoms with Crippen molar-refractivity contribution in [2.75, 3.05) is 0 Å². The number of thiophene rings is 1. The van der Waals surface area contributed by atoms with Crippen LogP contribution in [0.15, 0.2) is 12.1 Å². The summed E-state index contributed by atoms with van der Waals surface area (Å²) in [4.78, 5) is 2.04. The molecule has 0 saturated heterocycles. The van der Waals surface area contributed by atoms with Crippen LogP contribution in [0.25, 0.3) is 0 Å². The molecule has 64 valence electrons. The lowest BCUT2D eigenvalue weighted by molar-refractivity contribution is 0.670. The molecule has 0 aliphatic rings. The molecule has 0 bridgehead atoms. The lowest BCUT2D eigenvalue weighted by Gasteiger charge is -2.01. The van der Waals surface area contributed by atoms with Crippen LogP contribution in [0.1, 0.15) is 23.1 Å². The Labute approximate surface area is 76.6 Å². The SMILES string of the molecule is C[C@H](N)CCc1ccc(C#N)s1. The van der Waals surface area contributed by atoms with Crippen molar-refractivity contribution in [1.29, 1.82) is 5.26 Å². The summed E-state index contributed by atoms with van der Waals surface area (Å²) in [6.07, 6.45) is 1.98. The number of aryl methyl sites for hydroxylation is 1. The molecule has 3 heteroatoms. The van der Waals surface area contributed by atoms with E-state index in [-0.39, 0.29) is 6.04 Å². The highest BCUT2D eigenvalue weighted by Gasteiger charge is 2.00. The Morgan fingerprint density at radius 3 is 2.92 bits per heavy atom. The Balaban J connectivity index is 2.48. The Morgan fingerprint density at radius 1 is 1.67 bits per heavy atom. The van der Waals surface area contributed by atoms with E-state index in [0.717, 1.165) is 17.7 Å². The largest absolute Gasteiger partial charge is 0.328 e. The first-order valence-corrected chi connectivity index (χ1v) is 4.78. The van der Waals surface area contributed by atoms with Crippen molar-refractivity contribution in [1.82, 2.24) is 0 Å². The first-order chi connectivity index (χ1) is 5.72. The van der Waals surface area contributed by atoms with Gasteiger partial charge in [-0.3, -0.25) is 0 Å². The minimum atomic E-state index is 0.248. The average Bonchev–Trinajstić information content (AvgIpc) is 2.48. The van der Waals surface area contributed by atoms with Gasteiger partial charge in [0, 0.05) is 10.9 Å². The molecule has 12 heavy (non-hydrogen) atoms. The van der Waals surface area contributed by atoms with E-state index >= 15 is 0 Å². The maximum Gasteiger partial charge on any atom is 0.110 e. The van der Waals surface area contributed by atoms with Crippen LogP contribution < -0.4 is 5.73 Å². The zero-order valence-corrected chi connectivity index (χ0v) is 7.90. The topological polar surface area (TPSA) is 49.8 Å². The first-order valence-electron chi connectivity index (χ1n) is 3.97. The van der Waals surface area contributed by atoms with Crippen molar-refractivity contribution in [3.8, 4) is 6.07 Å². The van der Waals surface area contributed by atoms with Crippen molar-refractivity contribution in [3.63, 3.8) is 0 Å². The van der Waals surface area contributed by atoms with Crippen molar-refractivity contribution >= 4 is 11.3 Å². The van der Waals surface area contributed by atoms with Gasteiger partial charge in [-0.2, -0.15) is 5.26 Å². The Hall–Kier alpha value is -0.850. The van der Waals surface area contributed by atoms with Crippen LogP contribution in [-0.2, 0) is 6.42 Å². The van der Waals surface area contributed by atoms with Gasteiger partial charge in [0.05, 0.1) is 0 Å². The Kier molecular flexibility index (Phi) is 3.27. The van der Waals surface area contributed by atoms with E-state index in [4.69, 9.17) is 11.0 Å². The number of nitrogens with zero attached hydrogens (tertiary/aromatic N) is 1. The summed E-state index contributed by atoms with van der Waals surface area (Å²) in [5.41, 5.74) is 5.62. The molecule has 0 amide bonds. The number of hydrogen-bond donors (Lipinski definition) is 1. The molecule has 0 aliphatic heterocycles. The van der Waals surface area contributed by atoms with Gasteiger partial charge in [0.15, 0.2) is 0 Å². The van der Waals surface area contributed by atoms with Crippen LogP contribution in [0.2, 0.25) is 0 Å². The van der Waals surface area contributed by atoms with Gasteiger partial charge in [-0.1, -0.05) is 0 Å². The summed E-state index contributed by atoms with van der Waals surface area (Å²) < 4.78 is 0. The van der Waals surface area contributed by atoms with E-state index in [0.29, 0.717) is 0 Å². The molecule has 0 radical (unpaired) electrons. The molecule has 0 fully saturated rings. The van der Waals surface area contributed by atoms with Crippen molar-refractivity contribution in [2.45, 2.75) is 25.8 Å². The fraction of sp³-hybridized carbons (Fsp3) is 0.444. The predicted octanol–water partition coefficient (Wildman–Crippen LogP) is 1.90. The highest BCUT2D eigenvalue weighted by Crippen LogP contribution is 2.17. The standard InChI is InChI=1S/C9H12N2S/c1-7(11)2-3-8-4-5-9(6-10)12-8/h4-5,7H,2-3,11H2,1H3/t7-/m0/s1. The van der Waals surface area contributed by atoms with Crippen LogP contribution in [0.3, 0.4) is 0 Å². The first kappa shape index (κ1) is 9.24. The van der Waals surface area contributed by atoms with Crippen molar-refractivity contribution in [2.24, 2.45) is 5.73 Å². The second kappa shape index (κ2) is 4.24. The molecular formula is C9H12N2S. The molecule has 0 spiro atoms. The highest BCUT2D eigenvalue weighted by molar-refractivity contribution is 7.12. The maximum atomic E-state index is 8.56. The van der Waals surface area contributed by atoms with E-state index in [2.05, 4.69) is 6.07 Å². The van der Waals surface area contributed by atoms with Gasteiger partial charge in [-0.15, -0.1) is 11.3 Å². The zero-order valence-electron chi connectivity index (χ0n) is 7.08. The summed E-state index contributed by atoms with van der Waals surface area (Å²) >= 11 is 1.56. The molecule has 1 atom stereocenters. The van der Waals surface area contributed by atoms with E-state index < -0.39 is 0 Å². The summed E-state index contributed by atoms with van der Waals surface area (Å²) in [6.45, 7) is 2.00. The zero-order chi connectivity index (χ0) is 8.97. The van der Waals surface area contributed by atoms with Gasteiger partial charge in [0.25, 0.3) is 0 Å². The van der Waals surface area contributed by atoms with Crippen molar-refractivity contribution < 1.29 is 0 Å². The number of rotatable bonds is 3. The lowest BCUT2D eigenvalue weighted by Crippen LogP contribution is -2.14. The molecule has 1 aromatic rings. The van der Waals surface area contributed by atoms with Gasteiger partial charge in [-0.25, -0.2) is 0 Å². The lowest BCUT2D eigenvalue weighted by atomic mass is 10.2. The molecule has 1 heterocycles. The predicted molar refractivity (Wildman–Crippen MR) is 51.0 cm³/mol. The summed E-state index contributed by atoms with van der Waals surface area (Å²) in [5.74, 6) is 0. The summed E-state index contributed by atoms with van der Waals surface area (Å²) in [6, 6.07) is 6.24. The molecule has 2 nitrogen and oxygen atoms in total. The van der Waals surface area contributed by atoms with Gasteiger partial charge < -0.3 is 5.73 Å². The number of nitrogens with two attached hydrogens (primary N) is 1. The van der Waals surface area contributed by atoms with Gasteiger partial charge in [0.1, 0.15) is 10.9 Å². The van der Waals surface area contributed by atoms with Crippen LogP contribution in [0.4, 0.5) is 0 Å². The fourth-order valence-corrected chi connectivity index (χ4v) is 1.76. The van der Waals surface area contributed by atoms with E-state index in [1.54, 1.807) is 11.3 Å². The minimum absolute atomic E-state index is 0.248. The monoisotopic (exact) mass is 180 g/mol. The van der Waals surface area contributed by atoms with Crippen molar-refractivity contribution in [3.05, 3.63) is 21.9 Å². The van der Waals surface area contributed by atoms with Gasteiger partial charge in [0.2, 0.25) is 0 Å². The van der Waals surface area contributed by atoms with Gasteiger partial charge in [-0.05, 0) is 31.9 Å². The molecule has 0 unspecified atom stereocenters. The Bertz CT molecular complexity index is 283. The second-order valence-corrected chi connectivity index (χ2v) is 4.06. The van der Waals surface area contributed by atoms with E-state index in [1.807, 2.05) is 19.1 Å². The quantitative estimate of drug-likeness (QED) is 0.772. The van der Waals surface area contributed by atoms with Crippen LogP contribution in [-0.4, -0.2) is 6.04 Å². The second-order valence-electron chi connectivity index (χ2n) is 2.89. The third-order valence-electron chi connectivity index (χ3n) is 1.62. The van der Waals surface area contributed by atoms with Crippen LogP contribution >= 0.6 is 11.3 Å². The molecule has 2 N–H and O–H groups in total. The minimum Gasteiger partial charge on any atom is -0.328 e. The summed E-state index contributed by atoms with van der Waals surface area (Å²) in [5, 5.41) is 8.56. The highest BCUT2D eigenvalue weighted by atomic mass is 32.1. The smallest absolute Gasteiger partial charge is 0.110 e. The molecular weight excluding hydrogens is 168 g/mol. The molecule has 1 rings (SSSR count). The number of hydrogen-bond acceptors (Lipinski definition) is 3. The normalized spacial score (nSPS) is 12.4. The molecule has 0 aromatic carbocycles. The number of nitriles is 1. The maximum absolute atomic E-state index is 8.56. The molecule has 0 aliphatic carbocycles. The van der Waals surface area contributed by atoms with Gasteiger partial charge >= 0.3 is 0 Å². The third kappa shape index (κ3) is 2.65.